The molecule has 9 nitrogen and oxygen atoms in total. The van der Waals surface area contributed by atoms with Gasteiger partial charge in [-0.15, -0.1) is 5.10 Å². The summed E-state index contributed by atoms with van der Waals surface area (Å²) in [5, 5.41) is 31.8. The zero-order valence-corrected chi connectivity index (χ0v) is 16.2. The molecule has 9 heteroatoms. The van der Waals surface area contributed by atoms with Crippen molar-refractivity contribution in [2.45, 2.75) is 31.2 Å². The highest BCUT2D eigenvalue weighted by molar-refractivity contribution is 5.78. The predicted molar refractivity (Wildman–Crippen MR) is 107 cm³/mol. The van der Waals surface area contributed by atoms with E-state index in [1.807, 2.05) is 30.3 Å². The van der Waals surface area contributed by atoms with Crippen LogP contribution in [0.4, 0.5) is 0 Å². The molecule has 0 spiro atoms. The van der Waals surface area contributed by atoms with Crippen molar-refractivity contribution in [3.8, 4) is 17.0 Å². The summed E-state index contributed by atoms with van der Waals surface area (Å²) in [6, 6.07) is 12.2. The van der Waals surface area contributed by atoms with Crippen LogP contribution in [0.3, 0.4) is 0 Å². The number of aliphatic hydroxyl groups excluding tert-OH is 2. The summed E-state index contributed by atoms with van der Waals surface area (Å²) in [6.07, 6.45) is 3.54. The predicted octanol–water partition coefficient (Wildman–Crippen LogP) is 0.646. The minimum absolute atomic E-state index is 0.161. The molecule has 30 heavy (non-hydrogen) atoms. The molecule has 3 aromatic rings. The molecule has 0 bridgehead atoms. The van der Waals surface area contributed by atoms with Crippen LogP contribution in [-0.4, -0.2) is 61.0 Å². The zero-order valence-electron chi connectivity index (χ0n) is 16.2. The van der Waals surface area contributed by atoms with Crippen LogP contribution in [0.25, 0.3) is 11.3 Å². The molecule has 0 aliphatic heterocycles. The maximum atomic E-state index is 12.2. The largest absolute Gasteiger partial charge is 0.484 e. The second kappa shape index (κ2) is 9.02. The van der Waals surface area contributed by atoms with E-state index in [0.29, 0.717) is 24.4 Å². The normalized spacial score (nSPS) is 23.3. The zero-order chi connectivity index (χ0) is 20.9. The number of nitrogens with zero attached hydrogens (tertiary/aromatic N) is 4. The fraction of sp³-hybridized carbons (Fsp3) is 0.333. The maximum absolute atomic E-state index is 12.2. The van der Waals surface area contributed by atoms with E-state index in [0.717, 1.165) is 5.56 Å². The molecule has 2 heterocycles. The van der Waals surface area contributed by atoms with Crippen molar-refractivity contribution in [2.24, 2.45) is 5.92 Å². The molecule has 156 valence electrons. The topological polar surface area (TPSA) is 122 Å². The molecular weight excluding hydrogens is 386 g/mol. The maximum Gasteiger partial charge on any atom is 0.258 e. The number of benzene rings is 1. The summed E-state index contributed by atoms with van der Waals surface area (Å²) in [4.78, 5) is 16.3. The van der Waals surface area contributed by atoms with E-state index in [1.165, 1.54) is 0 Å². The van der Waals surface area contributed by atoms with Gasteiger partial charge in [-0.05, 0) is 30.7 Å². The van der Waals surface area contributed by atoms with E-state index in [9.17, 15) is 15.0 Å². The number of carbonyl (C=O) groups is 1. The van der Waals surface area contributed by atoms with Crippen LogP contribution in [0, 0.1) is 5.92 Å². The quantitative estimate of drug-likeness (QED) is 0.523. The molecule has 4 unspecified atom stereocenters. The number of pyridine rings is 1. The van der Waals surface area contributed by atoms with Crippen molar-refractivity contribution in [3.05, 3.63) is 61.1 Å². The molecule has 1 aromatic carbocycles. The smallest absolute Gasteiger partial charge is 0.258 e. The first-order chi connectivity index (χ1) is 14.6. The van der Waals surface area contributed by atoms with Crippen molar-refractivity contribution in [1.82, 2.24) is 25.3 Å². The summed E-state index contributed by atoms with van der Waals surface area (Å²) in [5.74, 6) is -0.0349. The van der Waals surface area contributed by atoms with Gasteiger partial charge >= 0.3 is 0 Å². The number of hydrogen-bond acceptors (Lipinski definition) is 7. The van der Waals surface area contributed by atoms with E-state index >= 15 is 0 Å². The fourth-order valence-electron chi connectivity index (χ4n) is 3.64. The first-order valence-electron chi connectivity index (χ1n) is 9.74. The van der Waals surface area contributed by atoms with Crippen LogP contribution >= 0.6 is 0 Å². The lowest BCUT2D eigenvalue weighted by molar-refractivity contribution is -0.124. The number of carbonyl (C=O) groups excluding carboxylic acids is 1. The Kier molecular flexibility index (Phi) is 6.01. The van der Waals surface area contributed by atoms with Crippen molar-refractivity contribution in [3.63, 3.8) is 0 Å². The first kappa shape index (κ1) is 20.0. The van der Waals surface area contributed by atoms with Gasteiger partial charge in [-0.2, -0.15) is 0 Å². The molecule has 2 aromatic heterocycles. The van der Waals surface area contributed by atoms with E-state index in [4.69, 9.17) is 4.74 Å². The second-order valence-corrected chi connectivity index (χ2v) is 7.32. The SMILES string of the molecule is O=C(COc1ccccc1)NC1CC(Cn2cc(-c3cccnc3)nn2)C(O)C1O. The lowest BCUT2D eigenvalue weighted by Gasteiger charge is -2.18. The third-order valence-electron chi connectivity index (χ3n) is 5.18. The van der Waals surface area contributed by atoms with Crippen molar-refractivity contribution in [2.75, 3.05) is 6.61 Å². The molecular formula is C21H23N5O4. The number of rotatable bonds is 7. The first-order valence-corrected chi connectivity index (χ1v) is 9.74. The highest BCUT2D eigenvalue weighted by atomic mass is 16.5. The highest BCUT2D eigenvalue weighted by Crippen LogP contribution is 2.28. The Hall–Kier alpha value is -3.30. The molecule has 1 aliphatic rings. The number of nitrogens with one attached hydrogen (secondary N) is 1. The highest BCUT2D eigenvalue weighted by Gasteiger charge is 2.42. The average molecular weight is 409 g/mol. The lowest BCUT2D eigenvalue weighted by Crippen LogP contribution is -2.44. The van der Waals surface area contributed by atoms with Crippen molar-refractivity contribution >= 4 is 5.91 Å². The number of para-hydroxylation sites is 1. The Morgan fingerprint density at radius 1 is 1.17 bits per heavy atom. The monoisotopic (exact) mass is 409 g/mol. The van der Waals surface area contributed by atoms with Crippen LogP contribution in [0.15, 0.2) is 61.1 Å². The number of hydrogen-bond donors (Lipinski definition) is 3. The lowest BCUT2D eigenvalue weighted by atomic mass is 10.1. The van der Waals surface area contributed by atoms with Gasteiger partial charge in [0.1, 0.15) is 17.5 Å². The molecule has 1 aliphatic carbocycles. The van der Waals surface area contributed by atoms with Gasteiger partial charge in [-0.1, -0.05) is 23.4 Å². The standard InChI is InChI=1S/C21H23N5O4/c27-19(13-30-16-6-2-1-3-7-16)23-17-9-15(20(28)21(17)29)11-26-12-18(24-25-26)14-5-4-8-22-10-14/h1-8,10,12,15,17,20-21,28-29H,9,11,13H2,(H,23,27). The van der Waals surface area contributed by atoms with E-state index in [-0.39, 0.29) is 18.4 Å². The molecule has 0 saturated heterocycles. The van der Waals surface area contributed by atoms with Crippen LogP contribution < -0.4 is 10.1 Å². The van der Waals surface area contributed by atoms with Crippen LogP contribution in [0.2, 0.25) is 0 Å². The molecule has 3 N–H and O–H groups in total. The molecule has 4 rings (SSSR count). The minimum atomic E-state index is -1.06. The molecule has 4 atom stereocenters. The van der Waals surface area contributed by atoms with Gasteiger partial charge in [-0.3, -0.25) is 14.5 Å². The molecule has 1 fully saturated rings. The Morgan fingerprint density at radius 2 is 2.00 bits per heavy atom. The summed E-state index contributed by atoms with van der Waals surface area (Å²) >= 11 is 0. The van der Waals surface area contributed by atoms with Gasteiger partial charge in [0.05, 0.1) is 18.3 Å². The van der Waals surface area contributed by atoms with Crippen LogP contribution in [0.1, 0.15) is 6.42 Å². The summed E-state index contributed by atoms with van der Waals surface area (Å²) in [7, 11) is 0. The summed E-state index contributed by atoms with van der Waals surface area (Å²) < 4.78 is 7.05. The Labute approximate surface area is 173 Å². The van der Waals surface area contributed by atoms with Gasteiger partial charge in [0, 0.05) is 30.4 Å². The van der Waals surface area contributed by atoms with E-state index < -0.39 is 18.2 Å². The van der Waals surface area contributed by atoms with Crippen LogP contribution in [-0.2, 0) is 11.3 Å². The van der Waals surface area contributed by atoms with Gasteiger partial charge < -0.3 is 20.3 Å². The fourth-order valence-corrected chi connectivity index (χ4v) is 3.64. The number of aromatic nitrogens is 4. The van der Waals surface area contributed by atoms with Gasteiger partial charge in [0.25, 0.3) is 5.91 Å². The number of aliphatic hydroxyl groups is 2. The minimum Gasteiger partial charge on any atom is -0.484 e. The molecule has 1 saturated carbocycles. The average Bonchev–Trinajstić information content (AvgIpc) is 3.35. The van der Waals surface area contributed by atoms with Crippen molar-refractivity contribution in [1.29, 1.82) is 0 Å². The molecule has 0 radical (unpaired) electrons. The summed E-state index contributed by atoms with van der Waals surface area (Å²) in [5.41, 5.74) is 1.53. The van der Waals surface area contributed by atoms with Gasteiger partial charge in [0.15, 0.2) is 6.61 Å². The Bertz CT molecular complexity index is 966. The van der Waals surface area contributed by atoms with E-state index in [1.54, 1.807) is 35.4 Å². The van der Waals surface area contributed by atoms with E-state index in [2.05, 4.69) is 20.6 Å². The van der Waals surface area contributed by atoms with Gasteiger partial charge in [0.2, 0.25) is 0 Å². The third kappa shape index (κ3) is 4.64. The number of ether oxygens (including phenoxy) is 1. The second-order valence-electron chi connectivity index (χ2n) is 7.32. The molecule has 1 amide bonds. The van der Waals surface area contributed by atoms with Crippen molar-refractivity contribution < 1.29 is 19.7 Å². The summed E-state index contributed by atoms with van der Waals surface area (Å²) in [6.45, 7) is 0.212. The van der Waals surface area contributed by atoms with Crippen LogP contribution in [0.5, 0.6) is 5.75 Å². The Balaban J connectivity index is 1.32. The van der Waals surface area contributed by atoms with Gasteiger partial charge in [-0.25, -0.2) is 0 Å². The Morgan fingerprint density at radius 3 is 2.77 bits per heavy atom. The number of amides is 1. The third-order valence-corrected chi connectivity index (χ3v) is 5.18.